The molecule has 0 aliphatic rings. The molecule has 0 amide bonds. The van der Waals surface area contributed by atoms with Crippen LogP contribution in [0.3, 0.4) is 0 Å². The molecule has 0 radical (unpaired) electrons. The number of hydrogen-bond acceptors (Lipinski definition) is 2. The summed E-state index contributed by atoms with van der Waals surface area (Å²) in [4.78, 5) is 11.2. The third kappa shape index (κ3) is 2.76. The minimum atomic E-state index is -0.973. The Morgan fingerprint density at radius 2 is 1.79 bits per heavy atom. The zero-order chi connectivity index (χ0) is 13.8. The van der Waals surface area contributed by atoms with Crippen LogP contribution in [0.1, 0.15) is 34.3 Å². The Kier molecular flexibility index (Phi) is 3.85. The summed E-state index contributed by atoms with van der Waals surface area (Å²) in [5, 5.41) is 9.19. The summed E-state index contributed by atoms with van der Waals surface area (Å²) < 4.78 is 5.07. The van der Waals surface area contributed by atoms with Crippen molar-refractivity contribution in [3.8, 4) is 5.75 Å². The van der Waals surface area contributed by atoms with E-state index < -0.39 is 5.97 Å². The molecular formula is C16H16O3. The lowest BCUT2D eigenvalue weighted by Crippen LogP contribution is -2.03. The van der Waals surface area contributed by atoms with Crippen LogP contribution in [-0.2, 0) is 0 Å². The minimum absolute atomic E-state index is 0.144. The first-order chi connectivity index (χ1) is 9.13. The average molecular weight is 256 g/mol. The maximum absolute atomic E-state index is 11.2. The largest absolute Gasteiger partial charge is 0.496 e. The first-order valence-electron chi connectivity index (χ1n) is 6.09. The zero-order valence-electron chi connectivity index (χ0n) is 11.0. The molecule has 0 heterocycles. The highest BCUT2D eigenvalue weighted by atomic mass is 16.5. The third-order valence-corrected chi connectivity index (χ3v) is 3.25. The monoisotopic (exact) mass is 256 g/mol. The molecule has 2 rings (SSSR count). The van der Waals surface area contributed by atoms with Crippen LogP contribution < -0.4 is 4.74 Å². The molecule has 0 aromatic heterocycles. The highest BCUT2D eigenvalue weighted by Gasteiger charge is 2.15. The lowest BCUT2D eigenvalue weighted by molar-refractivity contribution is 0.0693. The molecule has 0 saturated carbocycles. The summed E-state index contributed by atoms with van der Waals surface area (Å²) in [6.45, 7) is 2.06. The van der Waals surface area contributed by atoms with Gasteiger partial charge >= 0.3 is 5.97 Å². The third-order valence-electron chi connectivity index (χ3n) is 3.25. The molecule has 98 valence electrons. The first kappa shape index (κ1) is 13.1. The van der Waals surface area contributed by atoms with Crippen molar-refractivity contribution in [1.29, 1.82) is 0 Å². The number of methoxy groups -OCH3 is 1. The van der Waals surface area contributed by atoms with Gasteiger partial charge in [-0.1, -0.05) is 43.3 Å². The predicted molar refractivity (Wildman–Crippen MR) is 73.9 cm³/mol. The molecule has 19 heavy (non-hydrogen) atoms. The number of carboxylic acid groups (broad SMARTS) is 1. The average Bonchev–Trinajstić information content (AvgIpc) is 2.46. The van der Waals surface area contributed by atoms with Gasteiger partial charge in [0.05, 0.1) is 7.11 Å². The van der Waals surface area contributed by atoms with Crippen molar-refractivity contribution in [1.82, 2.24) is 0 Å². The van der Waals surface area contributed by atoms with Crippen molar-refractivity contribution in [3.63, 3.8) is 0 Å². The van der Waals surface area contributed by atoms with Crippen LogP contribution in [-0.4, -0.2) is 18.2 Å². The molecule has 0 aliphatic carbocycles. The highest BCUT2D eigenvalue weighted by Crippen LogP contribution is 2.28. The maximum atomic E-state index is 11.2. The number of carboxylic acids is 1. The summed E-state index contributed by atoms with van der Waals surface area (Å²) in [5.74, 6) is -0.444. The van der Waals surface area contributed by atoms with Gasteiger partial charge in [-0.05, 0) is 23.3 Å². The SMILES string of the molecule is COc1ccc(C(C)c2ccccc2)cc1C(=O)O. The van der Waals surface area contributed by atoms with Crippen molar-refractivity contribution in [2.24, 2.45) is 0 Å². The number of ether oxygens (including phenoxy) is 1. The summed E-state index contributed by atoms with van der Waals surface area (Å²) >= 11 is 0. The van der Waals surface area contributed by atoms with Gasteiger partial charge in [0.15, 0.2) is 0 Å². The van der Waals surface area contributed by atoms with Gasteiger partial charge in [-0.25, -0.2) is 4.79 Å². The van der Waals surface area contributed by atoms with E-state index in [1.165, 1.54) is 7.11 Å². The van der Waals surface area contributed by atoms with E-state index in [2.05, 4.69) is 6.92 Å². The van der Waals surface area contributed by atoms with E-state index in [9.17, 15) is 9.90 Å². The van der Waals surface area contributed by atoms with Crippen molar-refractivity contribution in [3.05, 3.63) is 65.2 Å². The molecule has 1 N–H and O–H groups in total. The van der Waals surface area contributed by atoms with E-state index in [0.29, 0.717) is 5.75 Å². The van der Waals surface area contributed by atoms with Gasteiger partial charge in [-0.2, -0.15) is 0 Å². The smallest absolute Gasteiger partial charge is 0.339 e. The van der Waals surface area contributed by atoms with Gasteiger partial charge in [0.25, 0.3) is 0 Å². The number of benzene rings is 2. The summed E-state index contributed by atoms with van der Waals surface area (Å²) in [6.07, 6.45) is 0. The quantitative estimate of drug-likeness (QED) is 0.910. The molecule has 0 spiro atoms. The highest BCUT2D eigenvalue weighted by molar-refractivity contribution is 5.91. The fraction of sp³-hybridized carbons (Fsp3) is 0.188. The molecule has 0 fully saturated rings. The second-order valence-corrected chi connectivity index (χ2v) is 4.40. The number of carbonyl (C=O) groups is 1. The second kappa shape index (κ2) is 5.57. The van der Waals surface area contributed by atoms with Crippen LogP contribution in [0.15, 0.2) is 48.5 Å². The number of rotatable bonds is 4. The Morgan fingerprint density at radius 3 is 2.37 bits per heavy atom. The molecule has 3 nitrogen and oxygen atoms in total. The normalized spacial score (nSPS) is 11.9. The van der Waals surface area contributed by atoms with E-state index in [-0.39, 0.29) is 11.5 Å². The van der Waals surface area contributed by atoms with E-state index in [4.69, 9.17) is 4.74 Å². The summed E-state index contributed by atoms with van der Waals surface area (Å²) in [5.41, 5.74) is 2.32. The standard InChI is InChI=1S/C16H16O3/c1-11(12-6-4-3-5-7-12)13-8-9-15(19-2)14(10-13)16(17)18/h3-11H,1-2H3,(H,17,18). The topological polar surface area (TPSA) is 46.5 Å². The van der Waals surface area contributed by atoms with Gasteiger partial charge in [-0.3, -0.25) is 0 Å². The molecule has 2 aromatic carbocycles. The molecule has 3 heteroatoms. The van der Waals surface area contributed by atoms with Crippen LogP contribution >= 0.6 is 0 Å². The summed E-state index contributed by atoms with van der Waals surface area (Å²) in [7, 11) is 1.47. The van der Waals surface area contributed by atoms with Crippen LogP contribution in [0.4, 0.5) is 0 Å². The van der Waals surface area contributed by atoms with Crippen LogP contribution in [0, 0.1) is 0 Å². The maximum Gasteiger partial charge on any atom is 0.339 e. The lowest BCUT2D eigenvalue weighted by Gasteiger charge is -2.14. The number of hydrogen-bond donors (Lipinski definition) is 1. The molecule has 0 saturated heterocycles. The van der Waals surface area contributed by atoms with Crippen molar-refractivity contribution < 1.29 is 14.6 Å². The van der Waals surface area contributed by atoms with Gasteiger partial charge in [-0.15, -0.1) is 0 Å². The second-order valence-electron chi connectivity index (χ2n) is 4.40. The Bertz CT molecular complexity index is 576. The Balaban J connectivity index is 2.41. The Morgan fingerprint density at radius 1 is 1.11 bits per heavy atom. The van der Waals surface area contributed by atoms with Crippen LogP contribution in [0.25, 0.3) is 0 Å². The van der Waals surface area contributed by atoms with Gasteiger partial charge in [0, 0.05) is 5.92 Å². The van der Waals surface area contributed by atoms with Gasteiger partial charge in [0.2, 0.25) is 0 Å². The Labute approximate surface area is 112 Å². The summed E-state index contributed by atoms with van der Waals surface area (Å²) in [6, 6.07) is 15.3. The fourth-order valence-corrected chi connectivity index (χ4v) is 2.10. The minimum Gasteiger partial charge on any atom is -0.496 e. The molecule has 0 bridgehead atoms. The van der Waals surface area contributed by atoms with Crippen molar-refractivity contribution in [2.45, 2.75) is 12.8 Å². The Hall–Kier alpha value is -2.29. The van der Waals surface area contributed by atoms with Crippen LogP contribution in [0.2, 0.25) is 0 Å². The van der Waals surface area contributed by atoms with E-state index in [1.54, 1.807) is 12.1 Å². The molecule has 2 aromatic rings. The van der Waals surface area contributed by atoms with E-state index >= 15 is 0 Å². The first-order valence-corrected chi connectivity index (χ1v) is 6.09. The van der Waals surface area contributed by atoms with E-state index in [1.807, 2.05) is 36.4 Å². The predicted octanol–water partition coefficient (Wildman–Crippen LogP) is 3.55. The molecule has 1 atom stereocenters. The lowest BCUT2D eigenvalue weighted by atomic mass is 9.92. The van der Waals surface area contributed by atoms with Gasteiger partial charge in [0.1, 0.15) is 11.3 Å². The number of aromatic carboxylic acids is 1. The van der Waals surface area contributed by atoms with Gasteiger partial charge < -0.3 is 9.84 Å². The molecular weight excluding hydrogens is 240 g/mol. The molecule has 1 unspecified atom stereocenters. The molecule has 0 aliphatic heterocycles. The van der Waals surface area contributed by atoms with Crippen molar-refractivity contribution >= 4 is 5.97 Å². The zero-order valence-corrected chi connectivity index (χ0v) is 11.0. The fourth-order valence-electron chi connectivity index (χ4n) is 2.10. The van der Waals surface area contributed by atoms with Crippen molar-refractivity contribution in [2.75, 3.05) is 7.11 Å². The van der Waals surface area contributed by atoms with Crippen LogP contribution in [0.5, 0.6) is 5.75 Å². The van der Waals surface area contributed by atoms with E-state index in [0.717, 1.165) is 11.1 Å².